The summed E-state index contributed by atoms with van der Waals surface area (Å²) in [7, 11) is -4.40. The molecular weight excluding hydrogens is 309 g/mol. The molecule has 10 heteroatoms. The van der Waals surface area contributed by atoms with Gasteiger partial charge in [-0.2, -0.15) is 0 Å². The lowest BCUT2D eigenvalue weighted by molar-refractivity contribution is 0.0891. The molecule has 5 nitrogen and oxygen atoms in total. The van der Waals surface area contributed by atoms with E-state index >= 15 is 0 Å². The van der Waals surface area contributed by atoms with Crippen LogP contribution in [0.25, 0.3) is 0 Å². The zero-order valence-electron chi connectivity index (χ0n) is 9.16. The molecule has 1 aromatic carbocycles. The van der Waals surface area contributed by atoms with Gasteiger partial charge < -0.3 is 5.32 Å². The lowest BCUT2D eigenvalue weighted by atomic mass is 10.2. The van der Waals surface area contributed by atoms with E-state index in [0.717, 1.165) is 0 Å². The van der Waals surface area contributed by atoms with Gasteiger partial charge in [-0.05, 0) is 12.1 Å². The Balaban J connectivity index is 3.19. The summed E-state index contributed by atoms with van der Waals surface area (Å²) in [4.78, 5) is 10.5. The third kappa shape index (κ3) is 4.08. The summed E-state index contributed by atoms with van der Waals surface area (Å²) in [5.74, 6) is -2.30. The minimum absolute atomic E-state index is 0.420. The molecule has 0 heterocycles. The summed E-state index contributed by atoms with van der Waals surface area (Å²) in [6, 6.07) is 1.16. The van der Waals surface area contributed by atoms with Gasteiger partial charge in [0, 0.05) is 0 Å². The molecule has 1 aromatic rings. The lowest BCUT2D eigenvalue weighted by Crippen LogP contribution is -2.29. The maximum atomic E-state index is 13.3. The number of sulfonamides is 1. The number of primary sulfonamides is 1. The molecule has 0 aliphatic carbocycles. The SMILES string of the molecule is NS(=O)(=O)c1cc(C(=O)NCC(F)F)c(Cl)cc1F. The third-order valence-electron chi connectivity index (χ3n) is 1.99. The molecule has 0 spiro atoms. The Bertz CT molecular complexity index is 607. The maximum absolute atomic E-state index is 13.3. The molecule has 0 saturated carbocycles. The number of hydrogen-bond acceptors (Lipinski definition) is 3. The van der Waals surface area contributed by atoms with Crippen LogP contribution in [0, 0.1) is 5.82 Å². The van der Waals surface area contributed by atoms with Gasteiger partial charge in [-0.1, -0.05) is 11.6 Å². The van der Waals surface area contributed by atoms with Crippen LogP contribution in [0.15, 0.2) is 17.0 Å². The standard InChI is InChI=1S/C9H8ClF3N2O3S/c10-5-2-6(11)7(19(14,17)18)1-4(5)9(16)15-3-8(12)13/h1-2,8H,3H2,(H,15,16)(H2,14,17,18). The van der Waals surface area contributed by atoms with Gasteiger partial charge in [-0.25, -0.2) is 26.7 Å². The summed E-state index contributed by atoms with van der Waals surface area (Å²) in [5, 5.41) is 6.12. The number of alkyl halides is 2. The minimum atomic E-state index is -4.40. The topological polar surface area (TPSA) is 89.3 Å². The average Bonchev–Trinajstić information content (AvgIpc) is 2.24. The second-order valence-electron chi connectivity index (χ2n) is 3.41. The van der Waals surface area contributed by atoms with Crippen LogP contribution in [-0.2, 0) is 10.0 Å². The fourth-order valence-electron chi connectivity index (χ4n) is 1.19. The van der Waals surface area contributed by atoms with E-state index in [0.29, 0.717) is 12.1 Å². The Kier molecular flexibility index (Phi) is 4.77. The van der Waals surface area contributed by atoms with E-state index in [-0.39, 0.29) is 0 Å². The highest BCUT2D eigenvalue weighted by molar-refractivity contribution is 7.89. The number of benzene rings is 1. The van der Waals surface area contributed by atoms with Crippen LogP contribution in [0.4, 0.5) is 13.2 Å². The van der Waals surface area contributed by atoms with Crippen molar-refractivity contribution >= 4 is 27.5 Å². The second-order valence-corrected chi connectivity index (χ2v) is 5.35. The van der Waals surface area contributed by atoms with Crippen LogP contribution in [0.3, 0.4) is 0 Å². The van der Waals surface area contributed by atoms with Gasteiger partial charge in [-0.15, -0.1) is 0 Å². The Morgan fingerprint density at radius 3 is 2.47 bits per heavy atom. The summed E-state index contributed by atoms with van der Waals surface area (Å²) >= 11 is 5.54. The van der Waals surface area contributed by atoms with E-state index in [1.54, 1.807) is 5.32 Å². The monoisotopic (exact) mass is 316 g/mol. The molecule has 0 fully saturated rings. The van der Waals surface area contributed by atoms with Gasteiger partial charge >= 0.3 is 0 Å². The van der Waals surface area contributed by atoms with Crippen molar-refractivity contribution in [1.29, 1.82) is 0 Å². The number of carbonyl (C=O) groups excluding carboxylic acids is 1. The minimum Gasteiger partial charge on any atom is -0.346 e. The highest BCUT2D eigenvalue weighted by Crippen LogP contribution is 2.23. The molecule has 3 N–H and O–H groups in total. The zero-order chi connectivity index (χ0) is 14.8. The van der Waals surface area contributed by atoms with Crippen LogP contribution in [0.1, 0.15) is 10.4 Å². The fraction of sp³-hybridized carbons (Fsp3) is 0.222. The molecule has 0 saturated heterocycles. The summed E-state index contributed by atoms with van der Waals surface area (Å²) < 4.78 is 59.2. The molecule has 0 radical (unpaired) electrons. The molecule has 0 aliphatic heterocycles. The van der Waals surface area contributed by atoms with Crippen molar-refractivity contribution in [2.45, 2.75) is 11.3 Å². The van der Waals surface area contributed by atoms with Crippen LogP contribution in [0.2, 0.25) is 5.02 Å². The predicted octanol–water partition coefficient (Wildman–Crippen LogP) is 1.12. The van der Waals surface area contributed by atoms with Gasteiger partial charge in [0.05, 0.1) is 17.1 Å². The third-order valence-corrected chi connectivity index (χ3v) is 3.23. The molecule has 106 valence electrons. The molecule has 1 amide bonds. The van der Waals surface area contributed by atoms with Crippen molar-refractivity contribution in [3.63, 3.8) is 0 Å². The molecule has 1 rings (SSSR count). The molecule has 0 unspecified atom stereocenters. The van der Waals surface area contributed by atoms with E-state index < -0.39 is 50.2 Å². The largest absolute Gasteiger partial charge is 0.346 e. The predicted molar refractivity (Wildman–Crippen MR) is 61.1 cm³/mol. The van der Waals surface area contributed by atoms with Gasteiger partial charge in [0.1, 0.15) is 10.7 Å². The normalized spacial score (nSPS) is 11.7. The van der Waals surface area contributed by atoms with E-state index in [1.807, 2.05) is 0 Å². The first kappa shape index (κ1) is 15.7. The number of nitrogens with two attached hydrogens (primary N) is 1. The fourth-order valence-corrected chi connectivity index (χ4v) is 2.04. The van der Waals surface area contributed by atoms with Gasteiger partial charge in [0.15, 0.2) is 0 Å². The highest BCUT2D eigenvalue weighted by atomic mass is 35.5. The van der Waals surface area contributed by atoms with Crippen molar-refractivity contribution < 1.29 is 26.4 Å². The number of amides is 1. The lowest BCUT2D eigenvalue weighted by Gasteiger charge is -2.08. The molecular formula is C9H8ClF3N2O3S. The van der Waals surface area contributed by atoms with Crippen molar-refractivity contribution in [2.24, 2.45) is 5.14 Å². The van der Waals surface area contributed by atoms with E-state index in [2.05, 4.69) is 0 Å². The van der Waals surface area contributed by atoms with Crippen LogP contribution >= 0.6 is 11.6 Å². The van der Waals surface area contributed by atoms with E-state index in [1.165, 1.54) is 0 Å². The number of halogens is 4. The molecule has 19 heavy (non-hydrogen) atoms. The van der Waals surface area contributed by atoms with Gasteiger partial charge in [0.2, 0.25) is 10.0 Å². The van der Waals surface area contributed by atoms with Gasteiger partial charge in [0.25, 0.3) is 12.3 Å². The molecule has 0 bridgehead atoms. The van der Waals surface area contributed by atoms with E-state index in [4.69, 9.17) is 16.7 Å². The average molecular weight is 317 g/mol. The van der Waals surface area contributed by atoms with E-state index in [9.17, 15) is 26.4 Å². The molecule has 0 aromatic heterocycles. The zero-order valence-corrected chi connectivity index (χ0v) is 10.7. The van der Waals surface area contributed by atoms with Crippen LogP contribution in [0.5, 0.6) is 0 Å². The van der Waals surface area contributed by atoms with Crippen LogP contribution in [-0.4, -0.2) is 27.3 Å². The Morgan fingerprint density at radius 1 is 1.42 bits per heavy atom. The first-order valence-corrected chi connectivity index (χ1v) is 6.63. The van der Waals surface area contributed by atoms with Gasteiger partial charge in [-0.3, -0.25) is 4.79 Å². The molecule has 0 aliphatic rings. The maximum Gasteiger partial charge on any atom is 0.255 e. The number of rotatable bonds is 4. The van der Waals surface area contributed by atoms with Crippen LogP contribution < -0.4 is 10.5 Å². The molecule has 0 atom stereocenters. The Morgan fingerprint density at radius 2 is 2.00 bits per heavy atom. The Labute approximate surface area is 111 Å². The first-order valence-electron chi connectivity index (χ1n) is 4.71. The summed E-state index contributed by atoms with van der Waals surface area (Å²) in [6.45, 7) is -0.947. The van der Waals surface area contributed by atoms with Crippen molar-refractivity contribution in [2.75, 3.05) is 6.54 Å². The van der Waals surface area contributed by atoms with Crippen molar-refractivity contribution in [3.8, 4) is 0 Å². The summed E-state index contributed by atoms with van der Waals surface area (Å²) in [5.41, 5.74) is -0.465. The first-order chi connectivity index (χ1) is 8.62. The second kappa shape index (κ2) is 5.76. The van der Waals surface area contributed by atoms with Crippen molar-refractivity contribution in [1.82, 2.24) is 5.32 Å². The van der Waals surface area contributed by atoms with Crippen molar-refractivity contribution in [3.05, 3.63) is 28.5 Å². The number of hydrogen-bond donors (Lipinski definition) is 2. The smallest absolute Gasteiger partial charge is 0.255 e. The summed E-state index contributed by atoms with van der Waals surface area (Å²) in [6.07, 6.45) is -2.79. The quantitative estimate of drug-likeness (QED) is 0.872. The number of nitrogens with one attached hydrogen (secondary N) is 1. The highest BCUT2D eigenvalue weighted by Gasteiger charge is 2.21. The Hall–Kier alpha value is -1.32. The number of carbonyl (C=O) groups is 1.